The molecule has 0 fully saturated rings. The Morgan fingerprint density at radius 1 is 0.415 bits per heavy atom. The van der Waals surface area contributed by atoms with E-state index >= 15 is 0 Å². The van der Waals surface area contributed by atoms with Gasteiger partial charge in [-0.2, -0.15) is 5.26 Å². The SMILES string of the molecule is N#Cc1cc(-n2c3ccccc3c3ccncc32)c(-c2ccc(-n3c4ccccc4c4ccncc43)cc2)c(-n2c3ccccc3c3ccncc32)c1. The van der Waals surface area contributed by atoms with Crippen LogP contribution in [0.2, 0.25) is 0 Å². The molecule has 0 spiro atoms. The van der Waals surface area contributed by atoms with Gasteiger partial charge in [0.1, 0.15) is 0 Å². The van der Waals surface area contributed by atoms with Gasteiger partial charge < -0.3 is 13.7 Å². The first-order valence-corrected chi connectivity index (χ1v) is 17.5. The van der Waals surface area contributed by atoms with E-state index in [9.17, 15) is 5.26 Å². The number of nitriles is 1. The van der Waals surface area contributed by atoms with Crippen molar-refractivity contribution in [2.75, 3.05) is 0 Å². The summed E-state index contributed by atoms with van der Waals surface area (Å²) in [4.78, 5) is 13.6. The third-order valence-corrected chi connectivity index (χ3v) is 10.6. The van der Waals surface area contributed by atoms with Gasteiger partial charge in [0.25, 0.3) is 0 Å². The van der Waals surface area contributed by atoms with Crippen molar-refractivity contribution in [1.82, 2.24) is 28.7 Å². The number of hydrogen-bond donors (Lipinski definition) is 0. The molecule has 5 aromatic carbocycles. The lowest BCUT2D eigenvalue weighted by Gasteiger charge is -2.21. The van der Waals surface area contributed by atoms with Crippen molar-refractivity contribution >= 4 is 65.4 Å². The monoisotopic (exact) mass is 677 g/mol. The van der Waals surface area contributed by atoms with Crippen LogP contribution in [0.25, 0.3) is 93.6 Å². The second-order valence-electron chi connectivity index (χ2n) is 13.3. The van der Waals surface area contributed by atoms with E-state index < -0.39 is 0 Å². The molecule has 0 aliphatic carbocycles. The number of para-hydroxylation sites is 3. The highest BCUT2D eigenvalue weighted by Crippen LogP contribution is 2.43. The summed E-state index contributed by atoms with van der Waals surface area (Å²) in [6, 6.07) is 46.8. The van der Waals surface area contributed by atoms with E-state index in [2.05, 4.69) is 150 Å². The smallest absolute Gasteiger partial charge is 0.0993 e. The van der Waals surface area contributed by atoms with Crippen LogP contribution >= 0.6 is 0 Å². The molecule has 0 radical (unpaired) electrons. The molecular formula is C46H27N7. The standard InChI is InChI=1S/C46H27N7/c47-25-29-23-41(52-39-11-5-2-8-33(39)36-18-21-49-27-44(36)52)46(42(24-29)53-40-12-6-3-9-34(40)37-19-22-50-28-45(37)53)30-13-15-31(16-14-30)51-38-10-4-1-7-32(38)35-17-20-48-26-43(35)51/h1-24,26-28H. The first kappa shape index (κ1) is 29.2. The van der Waals surface area contributed by atoms with Crippen LogP contribution in [0.15, 0.2) is 165 Å². The molecule has 7 heteroatoms. The molecule has 246 valence electrons. The summed E-state index contributed by atoms with van der Waals surface area (Å²) in [5.41, 5.74) is 11.5. The van der Waals surface area contributed by atoms with Crippen LogP contribution in [0.1, 0.15) is 5.56 Å². The molecule has 6 aromatic heterocycles. The van der Waals surface area contributed by atoms with Gasteiger partial charge in [0.05, 0.1) is 74.7 Å². The van der Waals surface area contributed by atoms with Crippen LogP contribution < -0.4 is 0 Å². The van der Waals surface area contributed by atoms with Crippen molar-refractivity contribution in [3.05, 3.63) is 170 Å². The highest BCUT2D eigenvalue weighted by Gasteiger charge is 2.23. The van der Waals surface area contributed by atoms with Crippen molar-refractivity contribution in [2.24, 2.45) is 0 Å². The van der Waals surface area contributed by atoms with E-state index in [1.807, 2.05) is 49.3 Å². The molecule has 0 bridgehead atoms. The number of rotatable bonds is 4. The summed E-state index contributed by atoms with van der Waals surface area (Å²) in [6.07, 6.45) is 11.3. The minimum atomic E-state index is 0.554. The number of aromatic nitrogens is 6. The third-order valence-electron chi connectivity index (χ3n) is 10.6. The molecule has 0 aliphatic heterocycles. The van der Waals surface area contributed by atoms with Gasteiger partial charge in [0.2, 0.25) is 0 Å². The Balaban J connectivity index is 1.26. The van der Waals surface area contributed by atoms with Crippen LogP contribution in [0.4, 0.5) is 0 Å². The van der Waals surface area contributed by atoms with E-state index in [0.717, 1.165) is 88.2 Å². The van der Waals surface area contributed by atoms with Gasteiger partial charge in [-0.25, -0.2) is 0 Å². The number of benzene rings is 5. The number of hydrogen-bond acceptors (Lipinski definition) is 4. The number of fused-ring (bicyclic) bond motifs is 9. The highest BCUT2D eigenvalue weighted by molar-refractivity contribution is 6.12. The average Bonchev–Trinajstić information content (AvgIpc) is 3.86. The number of pyridine rings is 3. The van der Waals surface area contributed by atoms with Crippen LogP contribution in [0, 0.1) is 11.3 Å². The fourth-order valence-electron chi connectivity index (χ4n) is 8.35. The zero-order valence-electron chi connectivity index (χ0n) is 28.2. The quantitative estimate of drug-likeness (QED) is 0.186. The van der Waals surface area contributed by atoms with Gasteiger partial charge in [-0.1, -0.05) is 66.7 Å². The first-order valence-electron chi connectivity index (χ1n) is 17.5. The molecule has 0 N–H and O–H groups in total. The highest BCUT2D eigenvalue weighted by atomic mass is 15.0. The molecule has 7 nitrogen and oxygen atoms in total. The van der Waals surface area contributed by atoms with Crippen LogP contribution in [0.3, 0.4) is 0 Å². The van der Waals surface area contributed by atoms with Gasteiger partial charge in [0.15, 0.2) is 0 Å². The molecular weight excluding hydrogens is 651 g/mol. The molecule has 11 rings (SSSR count). The number of nitrogens with zero attached hydrogens (tertiary/aromatic N) is 7. The molecule has 0 aliphatic rings. The Morgan fingerprint density at radius 2 is 0.811 bits per heavy atom. The lowest BCUT2D eigenvalue weighted by Crippen LogP contribution is -2.05. The maximum Gasteiger partial charge on any atom is 0.0993 e. The van der Waals surface area contributed by atoms with Crippen molar-refractivity contribution in [3.8, 4) is 34.3 Å². The zero-order chi connectivity index (χ0) is 35.0. The second-order valence-corrected chi connectivity index (χ2v) is 13.3. The fourth-order valence-corrected chi connectivity index (χ4v) is 8.35. The third kappa shape index (κ3) is 4.18. The molecule has 0 amide bonds. The van der Waals surface area contributed by atoms with Gasteiger partial charge >= 0.3 is 0 Å². The largest absolute Gasteiger partial charge is 0.308 e. The average molecular weight is 678 g/mol. The summed E-state index contributed by atoms with van der Waals surface area (Å²) < 4.78 is 6.80. The van der Waals surface area contributed by atoms with E-state index in [1.165, 1.54) is 5.39 Å². The zero-order valence-corrected chi connectivity index (χ0v) is 28.2. The molecule has 53 heavy (non-hydrogen) atoms. The van der Waals surface area contributed by atoms with E-state index in [1.54, 1.807) is 0 Å². The van der Waals surface area contributed by atoms with Crippen molar-refractivity contribution in [3.63, 3.8) is 0 Å². The van der Waals surface area contributed by atoms with Gasteiger partial charge in [0, 0.05) is 62.2 Å². The summed E-state index contributed by atoms with van der Waals surface area (Å²) >= 11 is 0. The maximum atomic E-state index is 10.6. The lowest BCUT2D eigenvalue weighted by molar-refractivity contribution is 1.12. The Hall–Kier alpha value is -7.56. The van der Waals surface area contributed by atoms with Crippen molar-refractivity contribution < 1.29 is 0 Å². The predicted molar refractivity (Wildman–Crippen MR) is 213 cm³/mol. The Morgan fingerprint density at radius 3 is 1.26 bits per heavy atom. The van der Waals surface area contributed by atoms with E-state index in [-0.39, 0.29) is 0 Å². The second kappa shape index (κ2) is 11.2. The van der Waals surface area contributed by atoms with Crippen LogP contribution in [-0.2, 0) is 0 Å². The van der Waals surface area contributed by atoms with E-state index in [0.29, 0.717) is 5.56 Å². The summed E-state index contributed by atoms with van der Waals surface area (Å²) in [5.74, 6) is 0. The molecule has 0 saturated heterocycles. The van der Waals surface area contributed by atoms with Gasteiger partial charge in [-0.3, -0.25) is 15.0 Å². The predicted octanol–water partition coefficient (Wildman–Crippen LogP) is 10.7. The summed E-state index contributed by atoms with van der Waals surface area (Å²) in [7, 11) is 0. The van der Waals surface area contributed by atoms with E-state index in [4.69, 9.17) is 0 Å². The lowest BCUT2D eigenvalue weighted by atomic mass is 9.97. The molecule has 0 unspecified atom stereocenters. The Bertz CT molecular complexity index is 3010. The van der Waals surface area contributed by atoms with Crippen LogP contribution in [0.5, 0.6) is 0 Å². The van der Waals surface area contributed by atoms with Gasteiger partial charge in [-0.15, -0.1) is 0 Å². The Kier molecular flexibility index (Phi) is 6.18. The Labute approximate surface area is 302 Å². The molecule has 0 saturated carbocycles. The van der Waals surface area contributed by atoms with Crippen molar-refractivity contribution in [1.29, 1.82) is 5.26 Å². The van der Waals surface area contributed by atoms with Crippen molar-refractivity contribution in [2.45, 2.75) is 0 Å². The molecule has 11 aromatic rings. The minimum absolute atomic E-state index is 0.554. The topological polar surface area (TPSA) is 77.2 Å². The summed E-state index contributed by atoms with van der Waals surface area (Å²) in [5, 5.41) is 17.4. The summed E-state index contributed by atoms with van der Waals surface area (Å²) in [6.45, 7) is 0. The molecule has 6 heterocycles. The van der Waals surface area contributed by atoms with Gasteiger partial charge in [-0.05, 0) is 66.2 Å². The minimum Gasteiger partial charge on any atom is -0.308 e. The van der Waals surface area contributed by atoms with Crippen LogP contribution in [-0.4, -0.2) is 28.7 Å². The first-order chi connectivity index (χ1) is 26.3. The fraction of sp³-hybridized carbons (Fsp3) is 0. The molecule has 0 atom stereocenters. The maximum absolute atomic E-state index is 10.6. The normalized spacial score (nSPS) is 11.8.